The number of rotatable bonds is 4. The topological polar surface area (TPSA) is 29.9 Å². The van der Waals surface area contributed by atoms with Gasteiger partial charge < -0.3 is 5.32 Å². The second kappa shape index (κ2) is 4.94. The van der Waals surface area contributed by atoms with Gasteiger partial charge in [0.2, 0.25) is 0 Å². The fraction of sp³-hybridized carbons (Fsp3) is 0.308. The van der Waals surface area contributed by atoms with Crippen molar-refractivity contribution < 1.29 is 0 Å². The number of hydrogen-bond acceptors (Lipinski definition) is 2. The Bertz CT molecular complexity index is 442. The molecule has 0 saturated heterocycles. The van der Waals surface area contributed by atoms with Crippen molar-refractivity contribution in [2.75, 3.05) is 7.05 Å². The van der Waals surface area contributed by atoms with Gasteiger partial charge in [-0.2, -0.15) is 5.10 Å². The number of benzene rings is 1. The third kappa shape index (κ3) is 2.14. The summed E-state index contributed by atoms with van der Waals surface area (Å²) in [6.45, 7) is 3.92. The first-order valence-electron chi connectivity index (χ1n) is 5.61. The minimum atomic E-state index is 0.903. The molecule has 3 nitrogen and oxygen atoms in total. The van der Waals surface area contributed by atoms with Gasteiger partial charge in [-0.15, -0.1) is 0 Å². The van der Waals surface area contributed by atoms with Crippen molar-refractivity contribution in [3.63, 3.8) is 0 Å². The van der Waals surface area contributed by atoms with Crippen LogP contribution in [0.15, 0.2) is 36.5 Å². The number of aromatic nitrogens is 2. The highest BCUT2D eigenvalue weighted by molar-refractivity contribution is 5.59. The zero-order valence-corrected chi connectivity index (χ0v) is 9.77. The molecule has 0 amide bonds. The second-order valence-corrected chi connectivity index (χ2v) is 3.76. The lowest BCUT2D eigenvalue weighted by Crippen LogP contribution is -2.04. The predicted molar refractivity (Wildman–Crippen MR) is 66.1 cm³/mol. The molecular weight excluding hydrogens is 198 g/mol. The van der Waals surface area contributed by atoms with Gasteiger partial charge in [-0.3, -0.25) is 4.68 Å². The molecular formula is C13H17N3. The summed E-state index contributed by atoms with van der Waals surface area (Å²) in [5, 5.41) is 7.42. The van der Waals surface area contributed by atoms with Gasteiger partial charge in [0.15, 0.2) is 0 Å². The van der Waals surface area contributed by atoms with Crippen LogP contribution >= 0.6 is 0 Å². The van der Waals surface area contributed by atoms with Crippen molar-refractivity contribution in [1.82, 2.24) is 15.1 Å². The van der Waals surface area contributed by atoms with E-state index in [9.17, 15) is 0 Å². The average molecular weight is 215 g/mol. The molecule has 2 aromatic rings. The first-order valence-corrected chi connectivity index (χ1v) is 5.61. The summed E-state index contributed by atoms with van der Waals surface area (Å²) in [5.74, 6) is 0. The van der Waals surface area contributed by atoms with E-state index >= 15 is 0 Å². The molecule has 0 unspecified atom stereocenters. The molecule has 0 aliphatic carbocycles. The van der Waals surface area contributed by atoms with E-state index in [1.54, 1.807) is 0 Å². The molecule has 2 rings (SSSR count). The SMILES string of the molecule is CCn1nccc1-c1ccc(CNC)cc1. The molecule has 0 fully saturated rings. The fourth-order valence-corrected chi connectivity index (χ4v) is 1.83. The van der Waals surface area contributed by atoms with Crippen molar-refractivity contribution in [2.45, 2.75) is 20.0 Å². The smallest absolute Gasteiger partial charge is 0.0682 e. The van der Waals surface area contributed by atoms with E-state index in [4.69, 9.17) is 0 Å². The molecule has 3 heteroatoms. The molecule has 1 heterocycles. The maximum atomic E-state index is 4.27. The lowest BCUT2D eigenvalue weighted by molar-refractivity contribution is 0.667. The van der Waals surface area contributed by atoms with Gasteiger partial charge in [-0.1, -0.05) is 24.3 Å². The fourth-order valence-electron chi connectivity index (χ4n) is 1.83. The van der Waals surface area contributed by atoms with E-state index in [2.05, 4.69) is 47.7 Å². The minimum absolute atomic E-state index is 0.903. The Morgan fingerprint density at radius 3 is 2.56 bits per heavy atom. The zero-order valence-electron chi connectivity index (χ0n) is 9.77. The van der Waals surface area contributed by atoms with Crippen LogP contribution in [0, 0.1) is 0 Å². The van der Waals surface area contributed by atoms with Crippen LogP contribution in [0.5, 0.6) is 0 Å². The first-order chi connectivity index (χ1) is 7.85. The van der Waals surface area contributed by atoms with E-state index in [1.807, 2.05) is 17.9 Å². The Kier molecular flexibility index (Phi) is 3.37. The van der Waals surface area contributed by atoms with E-state index in [-0.39, 0.29) is 0 Å². The highest BCUT2D eigenvalue weighted by Crippen LogP contribution is 2.19. The quantitative estimate of drug-likeness (QED) is 0.848. The van der Waals surface area contributed by atoms with E-state index < -0.39 is 0 Å². The third-order valence-corrected chi connectivity index (χ3v) is 2.65. The van der Waals surface area contributed by atoms with Gasteiger partial charge in [-0.05, 0) is 31.2 Å². The van der Waals surface area contributed by atoms with Crippen molar-refractivity contribution in [3.8, 4) is 11.3 Å². The lowest BCUT2D eigenvalue weighted by atomic mass is 10.1. The molecule has 1 N–H and O–H groups in total. The van der Waals surface area contributed by atoms with Crippen LogP contribution in [0.2, 0.25) is 0 Å². The van der Waals surface area contributed by atoms with Gasteiger partial charge in [-0.25, -0.2) is 0 Å². The monoisotopic (exact) mass is 215 g/mol. The largest absolute Gasteiger partial charge is 0.316 e. The van der Waals surface area contributed by atoms with E-state index in [0.29, 0.717) is 0 Å². The molecule has 0 atom stereocenters. The predicted octanol–water partition coefficient (Wildman–Crippen LogP) is 2.29. The van der Waals surface area contributed by atoms with Gasteiger partial charge in [0.25, 0.3) is 0 Å². The summed E-state index contributed by atoms with van der Waals surface area (Å²) in [7, 11) is 1.96. The molecule has 0 aliphatic heterocycles. The third-order valence-electron chi connectivity index (χ3n) is 2.65. The zero-order chi connectivity index (χ0) is 11.4. The Morgan fingerprint density at radius 1 is 1.19 bits per heavy atom. The number of nitrogens with one attached hydrogen (secondary N) is 1. The van der Waals surface area contributed by atoms with Crippen molar-refractivity contribution in [2.24, 2.45) is 0 Å². The summed E-state index contributed by atoms with van der Waals surface area (Å²) in [5.41, 5.74) is 3.70. The molecule has 0 bridgehead atoms. The van der Waals surface area contributed by atoms with Gasteiger partial charge >= 0.3 is 0 Å². The average Bonchev–Trinajstić information content (AvgIpc) is 2.78. The van der Waals surface area contributed by atoms with Crippen LogP contribution < -0.4 is 5.32 Å². The number of nitrogens with zero attached hydrogens (tertiary/aromatic N) is 2. The number of aryl methyl sites for hydroxylation is 1. The Balaban J connectivity index is 2.27. The second-order valence-electron chi connectivity index (χ2n) is 3.76. The van der Waals surface area contributed by atoms with Crippen molar-refractivity contribution in [1.29, 1.82) is 0 Å². The van der Waals surface area contributed by atoms with Crippen molar-refractivity contribution >= 4 is 0 Å². The van der Waals surface area contributed by atoms with E-state index in [0.717, 1.165) is 13.1 Å². The van der Waals surface area contributed by atoms with Gasteiger partial charge in [0.05, 0.1) is 5.69 Å². The molecule has 16 heavy (non-hydrogen) atoms. The van der Waals surface area contributed by atoms with Crippen LogP contribution in [0.25, 0.3) is 11.3 Å². The van der Waals surface area contributed by atoms with Crippen molar-refractivity contribution in [3.05, 3.63) is 42.1 Å². The molecule has 0 saturated carbocycles. The Hall–Kier alpha value is -1.61. The Labute approximate surface area is 96.1 Å². The molecule has 1 aromatic carbocycles. The highest BCUT2D eigenvalue weighted by Gasteiger charge is 2.03. The van der Waals surface area contributed by atoms with Gasteiger partial charge in [0.1, 0.15) is 0 Å². The first kappa shape index (κ1) is 10.9. The van der Waals surface area contributed by atoms with Crippen LogP contribution in [0.4, 0.5) is 0 Å². The molecule has 1 aromatic heterocycles. The standard InChI is InChI=1S/C13H17N3/c1-3-16-13(8-9-15-16)12-6-4-11(5-7-12)10-14-2/h4-9,14H,3,10H2,1-2H3. The molecule has 0 spiro atoms. The normalized spacial score (nSPS) is 10.6. The summed E-state index contributed by atoms with van der Waals surface area (Å²) in [4.78, 5) is 0. The molecule has 0 radical (unpaired) electrons. The van der Waals surface area contributed by atoms with Crippen LogP contribution in [0.1, 0.15) is 12.5 Å². The lowest BCUT2D eigenvalue weighted by Gasteiger charge is -2.06. The van der Waals surface area contributed by atoms with E-state index in [1.165, 1.54) is 16.8 Å². The highest BCUT2D eigenvalue weighted by atomic mass is 15.3. The summed E-state index contributed by atoms with van der Waals surface area (Å²) >= 11 is 0. The summed E-state index contributed by atoms with van der Waals surface area (Å²) < 4.78 is 2.01. The molecule has 84 valence electrons. The maximum absolute atomic E-state index is 4.27. The summed E-state index contributed by atoms with van der Waals surface area (Å²) in [6, 6.07) is 10.7. The number of hydrogen-bond donors (Lipinski definition) is 1. The minimum Gasteiger partial charge on any atom is -0.316 e. The van der Waals surface area contributed by atoms with Gasteiger partial charge in [0, 0.05) is 19.3 Å². The summed E-state index contributed by atoms with van der Waals surface area (Å²) in [6.07, 6.45) is 1.85. The Morgan fingerprint density at radius 2 is 1.94 bits per heavy atom. The molecule has 0 aliphatic rings. The van der Waals surface area contributed by atoms with Crippen LogP contribution in [0.3, 0.4) is 0 Å². The van der Waals surface area contributed by atoms with Crippen LogP contribution in [-0.4, -0.2) is 16.8 Å². The van der Waals surface area contributed by atoms with Crippen LogP contribution in [-0.2, 0) is 13.1 Å². The maximum Gasteiger partial charge on any atom is 0.0682 e.